The Hall–Kier alpha value is -3.08. The van der Waals surface area contributed by atoms with E-state index in [0.29, 0.717) is 11.5 Å². The molecule has 0 fully saturated rings. The molecule has 0 radical (unpaired) electrons. The number of rotatable bonds is 5. The number of benzene rings is 2. The van der Waals surface area contributed by atoms with Crippen LogP contribution in [-0.4, -0.2) is 17.5 Å². The molecule has 3 aromatic rings. The Labute approximate surface area is 140 Å². The van der Waals surface area contributed by atoms with Crippen molar-refractivity contribution in [2.75, 3.05) is 12.8 Å². The van der Waals surface area contributed by atoms with Crippen LogP contribution in [0.15, 0.2) is 60.8 Å². The summed E-state index contributed by atoms with van der Waals surface area (Å²) in [7, 11) is 3.52. The lowest BCUT2D eigenvalue weighted by Gasteiger charge is -2.02. The number of nitrogens with two attached hydrogens (primary N) is 1. The summed E-state index contributed by atoms with van der Waals surface area (Å²) in [6.07, 6.45) is 1.89. The molecule has 0 atom stereocenters. The number of hydrogen-bond acceptors (Lipinski definition) is 3. The highest BCUT2D eigenvalue weighted by Gasteiger charge is 2.20. The first-order chi connectivity index (χ1) is 11.6. The number of methoxy groups -OCH3 is 1. The summed E-state index contributed by atoms with van der Waals surface area (Å²) in [6.45, 7) is 0.202. The highest BCUT2D eigenvalue weighted by molar-refractivity contribution is 5.95. The number of Topliss-reactive ketones (excluding diaryl/α,β-unsaturated/α-hetero) is 1. The van der Waals surface area contributed by atoms with E-state index in [1.54, 1.807) is 11.7 Å². The molecule has 0 unspecified atom stereocenters. The van der Waals surface area contributed by atoms with E-state index in [2.05, 4.69) is 0 Å². The van der Waals surface area contributed by atoms with Crippen molar-refractivity contribution in [3.8, 4) is 17.0 Å². The summed E-state index contributed by atoms with van der Waals surface area (Å²) < 4.78 is 8.91. The minimum Gasteiger partial charge on any atom is -0.497 e. The first-order valence-electron chi connectivity index (χ1n) is 7.67. The molecule has 0 aliphatic carbocycles. The first-order valence-corrected chi connectivity index (χ1v) is 7.67. The van der Waals surface area contributed by atoms with E-state index >= 15 is 0 Å². The zero-order valence-corrected chi connectivity index (χ0v) is 13.8. The van der Waals surface area contributed by atoms with E-state index in [1.807, 2.05) is 72.4 Å². The maximum absolute atomic E-state index is 12.4. The van der Waals surface area contributed by atoms with E-state index in [9.17, 15) is 4.79 Å². The summed E-state index contributed by atoms with van der Waals surface area (Å²) in [4.78, 5) is 12.4. The molecule has 0 aliphatic heterocycles. The standard InChI is InChI=1S/C19H19N3O2/c1-21-17(15-9-6-10-16(11-15)24-2)12-22(19(21)20)13-18(23)14-7-4-3-5-8-14/h3-12,20H,13H2,1-2H3/p+1. The van der Waals surface area contributed by atoms with Gasteiger partial charge >= 0.3 is 5.95 Å². The van der Waals surface area contributed by atoms with E-state index in [-0.39, 0.29) is 12.3 Å². The van der Waals surface area contributed by atoms with Crippen LogP contribution >= 0.6 is 0 Å². The lowest BCUT2D eigenvalue weighted by atomic mass is 10.1. The van der Waals surface area contributed by atoms with Gasteiger partial charge in [-0.1, -0.05) is 42.5 Å². The molecule has 122 valence electrons. The fraction of sp³-hybridized carbons (Fsp3) is 0.158. The van der Waals surface area contributed by atoms with Crippen LogP contribution in [0.2, 0.25) is 0 Å². The number of ether oxygens (including phenoxy) is 1. The van der Waals surface area contributed by atoms with Gasteiger partial charge in [0.1, 0.15) is 24.2 Å². The van der Waals surface area contributed by atoms with Crippen LogP contribution in [0.4, 0.5) is 5.95 Å². The Morgan fingerprint density at radius 3 is 2.62 bits per heavy atom. The van der Waals surface area contributed by atoms with Gasteiger partial charge in [-0.05, 0) is 12.1 Å². The Kier molecular flexibility index (Phi) is 4.33. The second-order valence-corrected chi connectivity index (χ2v) is 5.58. The van der Waals surface area contributed by atoms with Crippen molar-refractivity contribution in [2.24, 2.45) is 7.05 Å². The van der Waals surface area contributed by atoms with Gasteiger partial charge in [-0.15, -0.1) is 0 Å². The van der Waals surface area contributed by atoms with Crippen LogP contribution in [0.25, 0.3) is 11.3 Å². The molecule has 1 heterocycles. The predicted octanol–water partition coefficient (Wildman–Crippen LogP) is 2.45. The smallest absolute Gasteiger partial charge is 0.355 e. The maximum atomic E-state index is 12.4. The summed E-state index contributed by atoms with van der Waals surface area (Å²) in [5, 5.41) is 0. The third kappa shape index (κ3) is 3.01. The zero-order valence-electron chi connectivity index (χ0n) is 13.8. The Morgan fingerprint density at radius 1 is 1.17 bits per heavy atom. The van der Waals surface area contributed by atoms with Gasteiger partial charge < -0.3 is 4.74 Å². The van der Waals surface area contributed by atoms with Crippen LogP contribution in [0.1, 0.15) is 10.4 Å². The number of imidazole rings is 1. The van der Waals surface area contributed by atoms with E-state index in [0.717, 1.165) is 17.0 Å². The third-order valence-electron chi connectivity index (χ3n) is 4.05. The highest BCUT2D eigenvalue weighted by Crippen LogP contribution is 2.24. The van der Waals surface area contributed by atoms with Crippen LogP contribution in [0, 0.1) is 0 Å². The molecule has 1 aromatic heterocycles. The number of anilines is 1. The van der Waals surface area contributed by atoms with Crippen molar-refractivity contribution in [2.45, 2.75) is 6.54 Å². The Bertz CT molecular complexity index is 870. The second kappa shape index (κ2) is 6.58. The minimum atomic E-state index is 0.0232. The quantitative estimate of drug-likeness (QED) is 0.580. The van der Waals surface area contributed by atoms with Crippen molar-refractivity contribution in [3.63, 3.8) is 0 Å². The molecule has 0 saturated heterocycles. The van der Waals surface area contributed by atoms with Crippen LogP contribution < -0.4 is 15.0 Å². The number of nitrogens with zero attached hydrogens (tertiary/aromatic N) is 2. The van der Waals surface area contributed by atoms with E-state index in [1.165, 1.54) is 0 Å². The number of hydrogen-bond donors (Lipinski definition) is 1. The minimum absolute atomic E-state index is 0.0232. The molecule has 2 aromatic carbocycles. The monoisotopic (exact) mass is 322 g/mol. The lowest BCUT2D eigenvalue weighted by molar-refractivity contribution is -0.667. The molecule has 0 amide bonds. The van der Waals surface area contributed by atoms with Crippen molar-refractivity contribution in [1.29, 1.82) is 0 Å². The molecule has 0 saturated carbocycles. The Balaban J connectivity index is 1.92. The van der Waals surface area contributed by atoms with Gasteiger partial charge in [-0.2, -0.15) is 0 Å². The maximum Gasteiger partial charge on any atom is 0.355 e. The molecule has 0 spiro atoms. The van der Waals surface area contributed by atoms with Gasteiger partial charge in [0.05, 0.1) is 14.2 Å². The average molecular weight is 322 g/mol. The molecule has 5 nitrogen and oxygen atoms in total. The van der Waals surface area contributed by atoms with E-state index in [4.69, 9.17) is 10.5 Å². The summed E-state index contributed by atoms with van der Waals surface area (Å²) in [5.74, 6) is 1.33. The number of ketones is 1. The topological polar surface area (TPSA) is 61.1 Å². The largest absolute Gasteiger partial charge is 0.497 e. The summed E-state index contributed by atoms with van der Waals surface area (Å²) in [5.41, 5.74) is 8.76. The third-order valence-corrected chi connectivity index (χ3v) is 4.05. The fourth-order valence-electron chi connectivity index (χ4n) is 2.66. The van der Waals surface area contributed by atoms with Crippen LogP contribution in [0.5, 0.6) is 5.75 Å². The molecular weight excluding hydrogens is 302 g/mol. The SMILES string of the molecule is COc1cccc(-c2c[n+](CC(=O)c3ccccc3)c(N)n2C)c1. The van der Waals surface area contributed by atoms with Gasteiger partial charge in [-0.25, -0.2) is 9.13 Å². The van der Waals surface area contributed by atoms with Crippen LogP contribution in [-0.2, 0) is 13.6 Å². The lowest BCUT2D eigenvalue weighted by Crippen LogP contribution is -2.39. The highest BCUT2D eigenvalue weighted by atomic mass is 16.5. The summed E-state index contributed by atoms with van der Waals surface area (Å²) >= 11 is 0. The zero-order chi connectivity index (χ0) is 17.1. The van der Waals surface area contributed by atoms with Crippen LogP contribution in [0.3, 0.4) is 0 Å². The van der Waals surface area contributed by atoms with E-state index < -0.39 is 0 Å². The number of carbonyl (C=O) groups excluding carboxylic acids is 1. The number of nitrogen functional groups attached to an aromatic ring is 1. The molecule has 0 aliphatic rings. The first kappa shape index (κ1) is 15.8. The predicted molar refractivity (Wildman–Crippen MR) is 92.8 cm³/mol. The second-order valence-electron chi connectivity index (χ2n) is 5.58. The Morgan fingerprint density at radius 2 is 1.92 bits per heavy atom. The van der Waals surface area contributed by atoms with Gasteiger partial charge in [0.25, 0.3) is 0 Å². The fourth-order valence-corrected chi connectivity index (χ4v) is 2.66. The molecule has 5 heteroatoms. The van der Waals surface area contributed by atoms with Crippen molar-refractivity contribution >= 4 is 11.7 Å². The van der Waals surface area contributed by atoms with Gasteiger partial charge in [0.2, 0.25) is 0 Å². The van der Waals surface area contributed by atoms with Crippen molar-refractivity contribution in [1.82, 2.24) is 4.57 Å². The van der Waals surface area contributed by atoms with Gasteiger partial charge in [0, 0.05) is 11.1 Å². The van der Waals surface area contributed by atoms with Crippen molar-refractivity contribution < 1.29 is 14.1 Å². The van der Waals surface area contributed by atoms with Crippen molar-refractivity contribution in [3.05, 3.63) is 66.4 Å². The average Bonchev–Trinajstić information content (AvgIpc) is 2.91. The summed E-state index contributed by atoms with van der Waals surface area (Å²) in [6, 6.07) is 17.0. The van der Waals surface area contributed by atoms with Gasteiger partial charge in [-0.3, -0.25) is 10.5 Å². The normalized spacial score (nSPS) is 10.6. The molecule has 3 rings (SSSR count). The molecule has 0 bridgehead atoms. The molecule has 2 N–H and O–H groups in total. The molecule has 24 heavy (non-hydrogen) atoms. The number of carbonyl (C=O) groups is 1. The van der Waals surface area contributed by atoms with Gasteiger partial charge in [0.15, 0.2) is 5.78 Å². The number of aromatic nitrogens is 2. The molecular formula is C19H20N3O2+.